The van der Waals surface area contributed by atoms with E-state index in [0.717, 1.165) is 34.9 Å². The van der Waals surface area contributed by atoms with Crippen LogP contribution in [0, 0.1) is 12.8 Å². The summed E-state index contributed by atoms with van der Waals surface area (Å²) < 4.78 is 40.8. The number of fused-ring (bicyclic) bond motifs is 1. The van der Waals surface area contributed by atoms with Crippen molar-refractivity contribution in [1.29, 1.82) is 0 Å². The van der Waals surface area contributed by atoms with Crippen molar-refractivity contribution in [2.75, 3.05) is 49.8 Å². The Morgan fingerprint density at radius 1 is 1.22 bits per heavy atom. The molecule has 9 nitrogen and oxygen atoms in total. The largest absolute Gasteiger partial charge is 0.490 e. The number of anilines is 2. The van der Waals surface area contributed by atoms with Gasteiger partial charge < -0.3 is 24.0 Å². The molecular weight excluding hydrogens is 482 g/mol. The summed E-state index contributed by atoms with van der Waals surface area (Å²) in [6.07, 6.45) is 4.19. The molecule has 5 rings (SSSR count). The number of pyridine rings is 1. The van der Waals surface area contributed by atoms with Crippen molar-refractivity contribution < 1.29 is 27.4 Å². The van der Waals surface area contributed by atoms with Gasteiger partial charge in [0.05, 0.1) is 49.3 Å². The quantitative estimate of drug-likeness (QED) is 0.555. The molecule has 2 fully saturated rings. The van der Waals surface area contributed by atoms with Crippen molar-refractivity contribution in [1.82, 2.24) is 9.88 Å². The Kier molecular flexibility index (Phi) is 6.96. The molecule has 0 saturated carbocycles. The van der Waals surface area contributed by atoms with E-state index < -0.39 is 9.84 Å². The standard InChI is InChI=1S/C26H33N3O6S/c1-18-13-20(15-27-26(18)33-2)29-10-11-34-24-5-4-21(14-23(24)29)35-22-7-9-28(16-22)25(30)6-3-19-8-12-36(31,32)17-19/h4-5,13-15,19,22H,3,6-12,16-17H2,1-2H3/t19?,22-/m0/s1. The van der Waals surface area contributed by atoms with E-state index in [0.29, 0.717) is 51.4 Å². The molecule has 0 N–H and O–H groups in total. The van der Waals surface area contributed by atoms with Crippen LogP contribution >= 0.6 is 0 Å². The van der Waals surface area contributed by atoms with Gasteiger partial charge in [0.2, 0.25) is 11.8 Å². The SMILES string of the molecule is COc1ncc(N2CCOc3ccc(O[C@H]4CCN(C(=O)CCC5CCS(=O)(=O)C5)C4)cc32)cc1C. The first-order valence-corrected chi connectivity index (χ1v) is 14.3. The van der Waals surface area contributed by atoms with E-state index in [9.17, 15) is 13.2 Å². The van der Waals surface area contributed by atoms with Gasteiger partial charge in [-0.2, -0.15) is 0 Å². The fourth-order valence-corrected chi connectivity index (χ4v) is 7.19. The average molecular weight is 516 g/mol. The molecular formula is C26H33N3O6S. The van der Waals surface area contributed by atoms with Crippen LogP contribution in [0.4, 0.5) is 11.4 Å². The second-order valence-electron chi connectivity index (χ2n) is 9.83. The van der Waals surface area contributed by atoms with Crippen LogP contribution in [-0.4, -0.2) is 75.2 Å². The van der Waals surface area contributed by atoms with E-state index in [4.69, 9.17) is 14.2 Å². The molecule has 36 heavy (non-hydrogen) atoms. The predicted octanol–water partition coefficient (Wildman–Crippen LogP) is 3.12. The number of ether oxygens (including phenoxy) is 3. The Hall–Kier alpha value is -3.01. The molecule has 10 heteroatoms. The minimum absolute atomic E-state index is 0.0813. The van der Waals surface area contributed by atoms with Gasteiger partial charge in [0.1, 0.15) is 24.2 Å². The van der Waals surface area contributed by atoms with Gasteiger partial charge in [0.25, 0.3) is 0 Å². The topological polar surface area (TPSA) is 98.3 Å². The summed E-state index contributed by atoms with van der Waals surface area (Å²) in [4.78, 5) is 21.1. The van der Waals surface area contributed by atoms with E-state index in [1.165, 1.54) is 0 Å². The molecule has 2 aromatic rings. The molecule has 0 radical (unpaired) electrons. The Balaban J connectivity index is 1.21. The van der Waals surface area contributed by atoms with Crippen LogP contribution in [-0.2, 0) is 14.6 Å². The predicted molar refractivity (Wildman–Crippen MR) is 136 cm³/mol. The van der Waals surface area contributed by atoms with Gasteiger partial charge in [-0.05, 0) is 43.9 Å². The number of hydrogen-bond donors (Lipinski definition) is 0. The number of rotatable bonds is 7. The number of carbonyl (C=O) groups excluding carboxylic acids is 1. The van der Waals surface area contributed by atoms with Gasteiger partial charge in [-0.3, -0.25) is 4.79 Å². The van der Waals surface area contributed by atoms with Crippen LogP contribution in [0.15, 0.2) is 30.5 Å². The maximum Gasteiger partial charge on any atom is 0.222 e. The molecule has 0 aliphatic carbocycles. The molecule has 1 aromatic heterocycles. The van der Waals surface area contributed by atoms with Crippen LogP contribution in [0.2, 0.25) is 0 Å². The molecule has 1 aromatic carbocycles. The van der Waals surface area contributed by atoms with Crippen LogP contribution in [0.3, 0.4) is 0 Å². The van der Waals surface area contributed by atoms with E-state index in [2.05, 4.69) is 16.0 Å². The first-order valence-electron chi connectivity index (χ1n) is 12.5. The van der Waals surface area contributed by atoms with Crippen molar-refractivity contribution in [2.24, 2.45) is 5.92 Å². The summed E-state index contributed by atoms with van der Waals surface area (Å²) in [6.45, 7) is 4.44. The van der Waals surface area contributed by atoms with E-state index in [1.54, 1.807) is 13.3 Å². The number of benzene rings is 1. The number of amides is 1. The van der Waals surface area contributed by atoms with Gasteiger partial charge in [0, 0.05) is 31.0 Å². The molecule has 194 valence electrons. The molecule has 4 heterocycles. The zero-order chi connectivity index (χ0) is 25.3. The zero-order valence-electron chi connectivity index (χ0n) is 20.8. The van der Waals surface area contributed by atoms with Gasteiger partial charge in [-0.1, -0.05) is 0 Å². The highest BCUT2D eigenvalue weighted by Gasteiger charge is 2.31. The fraction of sp³-hybridized carbons (Fsp3) is 0.538. The Morgan fingerprint density at radius 2 is 2.08 bits per heavy atom. The summed E-state index contributed by atoms with van der Waals surface area (Å²) in [5.41, 5.74) is 2.84. The lowest BCUT2D eigenvalue weighted by atomic mass is 10.0. The Morgan fingerprint density at radius 3 is 2.83 bits per heavy atom. The van der Waals surface area contributed by atoms with Crippen molar-refractivity contribution >= 4 is 27.1 Å². The van der Waals surface area contributed by atoms with Crippen molar-refractivity contribution in [2.45, 2.75) is 38.7 Å². The summed E-state index contributed by atoms with van der Waals surface area (Å²) in [5.74, 6) is 2.80. The summed E-state index contributed by atoms with van der Waals surface area (Å²) in [6, 6.07) is 7.87. The summed E-state index contributed by atoms with van der Waals surface area (Å²) in [7, 11) is -1.29. The number of nitrogens with zero attached hydrogens (tertiary/aromatic N) is 3. The molecule has 3 aliphatic rings. The number of carbonyl (C=O) groups is 1. The second kappa shape index (κ2) is 10.2. The third kappa shape index (κ3) is 5.38. The number of likely N-dealkylation sites (tertiary alicyclic amines) is 1. The second-order valence-corrected chi connectivity index (χ2v) is 12.1. The van der Waals surface area contributed by atoms with Crippen LogP contribution in [0.1, 0.15) is 31.2 Å². The number of methoxy groups -OCH3 is 1. The lowest BCUT2D eigenvalue weighted by molar-refractivity contribution is -0.130. The lowest BCUT2D eigenvalue weighted by Gasteiger charge is -2.32. The molecule has 0 spiro atoms. The zero-order valence-corrected chi connectivity index (χ0v) is 21.6. The summed E-state index contributed by atoms with van der Waals surface area (Å²) in [5, 5.41) is 0. The number of aryl methyl sites for hydroxylation is 1. The van der Waals surface area contributed by atoms with Gasteiger partial charge in [0.15, 0.2) is 9.84 Å². The van der Waals surface area contributed by atoms with Gasteiger partial charge >= 0.3 is 0 Å². The maximum absolute atomic E-state index is 12.7. The highest BCUT2D eigenvalue weighted by molar-refractivity contribution is 7.91. The highest BCUT2D eigenvalue weighted by Crippen LogP contribution is 2.40. The summed E-state index contributed by atoms with van der Waals surface area (Å²) >= 11 is 0. The Bertz CT molecular complexity index is 1230. The van der Waals surface area contributed by atoms with Crippen molar-refractivity contribution in [3.8, 4) is 17.4 Å². The van der Waals surface area contributed by atoms with Gasteiger partial charge in [-0.25, -0.2) is 13.4 Å². The minimum atomic E-state index is -2.91. The number of aromatic nitrogens is 1. The maximum atomic E-state index is 12.7. The third-order valence-corrected chi connectivity index (χ3v) is 9.05. The molecule has 3 aliphatic heterocycles. The van der Waals surface area contributed by atoms with Crippen molar-refractivity contribution in [3.05, 3.63) is 36.0 Å². The molecule has 1 amide bonds. The first kappa shape index (κ1) is 24.7. The normalized spacial score (nSPS) is 22.7. The number of hydrogen-bond acceptors (Lipinski definition) is 8. The average Bonchev–Trinajstić information content (AvgIpc) is 3.47. The number of sulfone groups is 1. The first-order chi connectivity index (χ1) is 17.3. The smallest absolute Gasteiger partial charge is 0.222 e. The highest BCUT2D eigenvalue weighted by atomic mass is 32.2. The minimum Gasteiger partial charge on any atom is -0.490 e. The van der Waals surface area contributed by atoms with Crippen LogP contribution < -0.4 is 19.1 Å². The third-order valence-electron chi connectivity index (χ3n) is 7.21. The van der Waals surface area contributed by atoms with E-state index in [1.807, 2.05) is 30.0 Å². The van der Waals surface area contributed by atoms with Crippen LogP contribution in [0.5, 0.6) is 17.4 Å². The van der Waals surface area contributed by atoms with E-state index >= 15 is 0 Å². The van der Waals surface area contributed by atoms with Gasteiger partial charge in [-0.15, -0.1) is 0 Å². The Labute approximate surface area is 212 Å². The molecule has 1 unspecified atom stereocenters. The fourth-order valence-electron chi connectivity index (χ4n) is 5.28. The van der Waals surface area contributed by atoms with Crippen LogP contribution in [0.25, 0.3) is 0 Å². The lowest BCUT2D eigenvalue weighted by Crippen LogP contribution is -2.31. The molecule has 2 atom stereocenters. The monoisotopic (exact) mass is 515 g/mol. The molecule has 0 bridgehead atoms. The van der Waals surface area contributed by atoms with E-state index in [-0.39, 0.29) is 29.4 Å². The molecule has 2 saturated heterocycles. The van der Waals surface area contributed by atoms with Crippen molar-refractivity contribution in [3.63, 3.8) is 0 Å².